The van der Waals surface area contributed by atoms with Gasteiger partial charge in [0.05, 0.1) is 19.3 Å². The summed E-state index contributed by atoms with van der Waals surface area (Å²) in [6, 6.07) is -0.156. The Morgan fingerprint density at radius 1 is 1.46 bits per heavy atom. The molecule has 0 spiro atoms. The van der Waals surface area contributed by atoms with E-state index in [1.54, 1.807) is 0 Å². The van der Waals surface area contributed by atoms with Gasteiger partial charge in [0.1, 0.15) is 5.92 Å². The zero-order valence-corrected chi connectivity index (χ0v) is 8.25. The van der Waals surface area contributed by atoms with Crippen LogP contribution in [0.4, 0.5) is 0 Å². The monoisotopic (exact) mass is 207 g/mol. The molecule has 0 aromatic carbocycles. The van der Waals surface area contributed by atoms with Crippen molar-refractivity contribution in [1.29, 1.82) is 0 Å². The standard InChI is InChI=1S/C8H13NO3.ClH/c1-11-8(10)6-4-2-3-5(12-4)7(6)9;/h4-7H,2-3,9H2,1H3;1H. The van der Waals surface area contributed by atoms with Crippen LogP contribution in [0.1, 0.15) is 12.8 Å². The lowest BCUT2D eigenvalue weighted by molar-refractivity contribution is -0.147. The summed E-state index contributed by atoms with van der Waals surface area (Å²) in [6.45, 7) is 0. The highest BCUT2D eigenvalue weighted by Gasteiger charge is 2.51. The van der Waals surface area contributed by atoms with Crippen molar-refractivity contribution in [2.24, 2.45) is 11.7 Å². The normalized spacial score (nSPS) is 41.4. The van der Waals surface area contributed by atoms with E-state index < -0.39 is 0 Å². The summed E-state index contributed by atoms with van der Waals surface area (Å²) in [5.74, 6) is -0.455. The number of hydrogen-bond donors (Lipinski definition) is 1. The van der Waals surface area contributed by atoms with Crippen LogP contribution in [0, 0.1) is 5.92 Å². The van der Waals surface area contributed by atoms with Gasteiger partial charge in [-0.3, -0.25) is 4.79 Å². The van der Waals surface area contributed by atoms with E-state index in [4.69, 9.17) is 10.5 Å². The van der Waals surface area contributed by atoms with Gasteiger partial charge in [-0.1, -0.05) is 0 Å². The van der Waals surface area contributed by atoms with E-state index in [1.165, 1.54) is 7.11 Å². The van der Waals surface area contributed by atoms with Crippen molar-refractivity contribution in [1.82, 2.24) is 0 Å². The molecule has 0 saturated carbocycles. The number of rotatable bonds is 1. The fraction of sp³-hybridized carbons (Fsp3) is 0.875. The third-order valence-corrected chi connectivity index (χ3v) is 2.80. The molecule has 0 amide bonds. The third-order valence-electron chi connectivity index (χ3n) is 2.80. The van der Waals surface area contributed by atoms with Crippen molar-refractivity contribution in [3.63, 3.8) is 0 Å². The van der Waals surface area contributed by atoms with Gasteiger partial charge >= 0.3 is 5.97 Å². The first kappa shape index (κ1) is 10.8. The molecular weight excluding hydrogens is 194 g/mol. The highest BCUT2D eigenvalue weighted by Crippen LogP contribution is 2.38. The molecule has 4 unspecified atom stereocenters. The molecule has 2 N–H and O–H groups in total. The summed E-state index contributed by atoms with van der Waals surface area (Å²) in [4.78, 5) is 11.2. The molecule has 4 atom stereocenters. The predicted octanol–water partition coefficient (Wildman–Crippen LogP) is 0.0859. The SMILES string of the molecule is COC(=O)C1C2CCC(O2)C1N.Cl. The average molecular weight is 208 g/mol. The molecule has 2 aliphatic heterocycles. The second kappa shape index (κ2) is 3.82. The maximum Gasteiger partial charge on any atom is 0.312 e. The van der Waals surface area contributed by atoms with E-state index in [1.807, 2.05) is 0 Å². The Bertz CT molecular complexity index is 210. The van der Waals surface area contributed by atoms with Gasteiger partial charge < -0.3 is 15.2 Å². The molecule has 2 rings (SSSR count). The fourth-order valence-electron chi connectivity index (χ4n) is 2.16. The highest BCUT2D eigenvalue weighted by atomic mass is 35.5. The molecule has 2 saturated heterocycles. The van der Waals surface area contributed by atoms with E-state index >= 15 is 0 Å². The zero-order valence-electron chi connectivity index (χ0n) is 7.43. The molecule has 5 heteroatoms. The molecule has 2 bridgehead atoms. The van der Waals surface area contributed by atoms with Gasteiger partial charge in [-0.05, 0) is 12.8 Å². The van der Waals surface area contributed by atoms with Crippen molar-refractivity contribution in [2.75, 3.05) is 7.11 Å². The number of methoxy groups -OCH3 is 1. The number of carbonyl (C=O) groups excluding carboxylic acids is 1. The Kier molecular flexibility index (Phi) is 3.16. The largest absolute Gasteiger partial charge is 0.469 e. The van der Waals surface area contributed by atoms with Gasteiger partial charge in [0.25, 0.3) is 0 Å². The predicted molar refractivity (Wildman–Crippen MR) is 48.6 cm³/mol. The van der Waals surface area contributed by atoms with Gasteiger partial charge in [-0.15, -0.1) is 12.4 Å². The van der Waals surface area contributed by atoms with Crippen LogP contribution in [0.5, 0.6) is 0 Å². The average Bonchev–Trinajstić information content (AvgIpc) is 2.63. The molecule has 2 heterocycles. The van der Waals surface area contributed by atoms with E-state index in [9.17, 15) is 4.79 Å². The van der Waals surface area contributed by atoms with Crippen molar-refractivity contribution < 1.29 is 14.3 Å². The van der Waals surface area contributed by atoms with Crippen LogP contribution in [-0.2, 0) is 14.3 Å². The highest BCUT2D eigenvalue weighted by molar-refractivity contribution is 5.85. The first-order chi connectivity index (χ1) is 5.74. The summed E-state index contributed by atoms with van der Waals surface area (Å²) in [5, 5.41) is 0. The van der Waals surface area contributed by atoms with Crippen LogP contribution in [0.3, 0.4) is 0 Å². The van der Waals surface area contributed by atoms with E-state index in [0.717, 1.165) is 12.8 Å². The molecule has 13 heavy (non-hydrogen) atoms. The van der Waals surface area contributed by atoms with Gasteiger partial charge in [0.15, 0.2) is 0 Å². The Morgan fingerprint density at radius 3 is 2.54 bits per heavy atom. The molecule has 2 fully saturated rings. The van der Waals surface area contributed by atoms with Crippen LogP contribution in [0.15, 0.2) is 0 Å². The summed E-state index contributed by atoms with van der Waals surface area (Å²) in [7, 11) is 1.39. The number of hydrogen-bond acceptors (Lipinski definition) is 4. The van der Waals surface area contributed by atoms with Crippen LogP contribution in [0.25, 0.3) is 0 Å². The lowest BCUT2D eigenvalue weighted by Gasteiger charge is -2.21. The molecule has 0 aromatic rings. The quantitative estimate of drug-likeness (QED) is 0.619. The molecule has 0 radical (unpaired) electrons. The van der Waals surface area contributed by atoms with Crippen molar-refractivity contribution >= 4 is 18.4 Å². The van der Waals surface area contributed by atoms with Crippen molar-refractivity contribution in [2.45, 2.75) is 31.1 Å². The maximum atomic E-state index is 11.2. The topological polar surface area (TPSA) is 61.5 Å². The van der Waals surface area contributed by atoms with Gasteiger partial charge in [-0.25, -0.2) is 0 Å². The number of carbonyl (C=O) groups is 1. The first-order valence-electron chi connectivity index (χ1n) is 4.23. The molecular formula is C8H14ClNO3. The summed E-state index contributed by atoms with van der Waals surface area (Å²) >= 11 is 0. The minimum atomic E-state index is -0.228. The van der Waals surface area contributed by atoms with Gasteiger partial charge in [0.2, 0.25) is 0 Å². The summed E-state index contributed by atoms with van der Waals surface area (Å²) in [5.41, 5.74) is 5.81. The van der Waals surface area contributed by atoms with Gasteiger partial charge in [-0.2, -0.15) is 0 Å². The van der Waals surface area contributed by atoms with E-state index in [0.29, 0.717) is 0 Å². The number of nitrogens with two attached hydrogens (primary N) is 1. The van der Waals surface area contributed by atoms with Crippen LogP contribution in [0.2, 0.25) is 0 Å². The maximum absolute atomic E-state index is 11.2. The Labute approximate surface area is 83.2 Å². The number of ether oxygens (including phenoxy) is 2. The molecule has 0 aromatic heterocycles. The zero-order chi connectivity index (χ0) is 8.72. The van der Waals surface area contributed by atoms with E-state index in [-0.39, 0.29) is 42.5 Å². The second-order valence-electron chi connectivity index (χ2n) is 3.42. The minimum Gasteiger partial charge on any atom is -0.469 e. The Hall–Kier alpha value is -0.320. The lowest BCUT2D eigenvalue weighted by Crippen LogP contribution is -2.44. The Morgan fingerprint density at radius 2 is 2.08 bits per heavy atom. The summed E-state index contributed by atoms with van der Waals surface area (Å²) in [6.07, 6.45) is 2.02. The first-order valence-corrected chi connectivity index (χ1v) is 4.23. The number of halogens is 1. The fourth-order valence-corrected chi connectivity index (χ4v) is 2.16. The summed E-state index contributed by atoms with van der Waals surface area (Å²) < 4.78 is 10.2. The number of fused-ring (bicyclic) bond motifs is 2. The van der Waals surface area contributed by atoms with Crippen molar-refractivity contribution in [3.05, 3.63) is 0 Å². The molecule has 4 nitrogen and oxygen atoms in total. The Balaban J connectivity index is 0.000000845. The third kappa shape index (κ3) is 1.54. The smallest absolute Gasteiger partial charge is 0.312 e. The number of esters is 1. The van der Waals surface area contributed by atoms with E-state index in [2.05, 4.69) is 4.74 Å². The van der Waals surface area contributed by atoms with Crippen LogP contribution in [-0.4, -0.2) is 31.3 Å². The van der Waals surface area contributed by atoms with Crippen LogP contribution < -0.4 is 5.73 Å². The molecule has 76 valence electrons. The second-order valence-corrected chi connectivity index (χ2v) is 3.42. The van der Waals surface area contributed by atoms with Gasteiger partial charge in [0, 0.05) is 6.04 Å². The molecule has 2 aliphatic rings. The minimum absolute atomic E-state index is 0. The van der Waals surface area contributed by atoms with Crippen LogP contribution >= 0.6 is 12.4 Å². The van der Waals surface area contributed by atoms with Crippen molar-refractivity contribution in [3.8, 4) is 0 Å². The lowest BCUT2D eigenvalue weighted by atomic mass is 9.85. The molecule has 0 aliphatic carbocycles.